The van der Waals surface area contributed by atoms with E-state index in [2.05, 4.69) is 20.0 Å². The molecule has 35 heavy (non-hydrogen) atoms. The van der Waals surface area contributed by atoms with E-state index in [4.69, 9.17) is 9.47 Å². The van der Waals surface area contributed by atoms with E-state index in [9.17, 15) is 18.0 Å². The van der Waals surface area contributed by atoms with Gasteiger partial charge >= 0.3 is 11.9 Å². The number of halogens is 3. The van der Waals surface area contributed by atoms with E-state index in [0.29, 0.717) is 42.7 Å². The fourth-order valence-electron chi connectivity index (χ4n) is 5.16. The van der Waals surface area contributed by atoms with Gasteiger partial charge in [-0.15, -0.1) is 0 Å². The van der Waals surface area contributed by atoms with Crippen LogP contribution in [0.4, 0.5) is 13.2 Å². The van der Waals surface area contributed by atoms with Crippen LogP contribution >= 0.6 is 0 Å². The number of likely N-dealkylation sites (tertiary alicyclic amines) is 1. The number of rotatable bonds is 4. The molecule has 12 heteroatoms. The van der Waals surface area contributed by atoms with Crippen LogP contribution in [0.5, 0.6) is 5.75 Å². The third-order valence-electron chi connectivity index (χ3n) is 6.96. The first kappa shape index (κ1) is 22.1. The molecule has 9 nitrogen and oxygen atoms in total. The molecule has 1 N–H and O–H groups in total. The summed E-state index contributed by atoms with van der Waals surface area (Å²) < 4.78 is 56.4. The monoisotopic (exact) mass is 488 g/mol. The molecule has 2 aliphatic heterocycles. The average molecular weight is 488 g/mol. The minimum atomic E-state index is -4.64. The summed E-state index contributed by atoms with van der Waals surface area (Å²) in [5, 5.41) is 4.05. The Kier molecular flexibility index (Phi) is 5.11. The van der Waals surface area contributed by atoms with Crippen molar-refractivity contribution >= 4 is 16.7 Å². The molecule has 184 valence electrons. The second-order valence-corrected chi connectivity index (χ2v) is 9.02. The number of piperidine rings is 1. The molecular weight excluding hydrogens is 465 g/mol. The second kappa shape index (κ2) is 8.09. The van der Waals surface area contributed by atoms with Gasteiger partial charge in [-0.2, -0.15) is 18.3 Å². The minimum Gasteiger partial charge on any atom is -0.493 e. The first-order chi connectivity index (χ1) is 16.8. The summed E-state index contributed by atoms with van der Waals surface area (Å²) in [5.74, 6) is 0.293. The van der Waals surface area contributed by atoms with Gasteiger partial charge in [-0.05, 0) is 43.1 Å². The molecule has 2 fully saturated rings. The van der Waals surface area contributed by atoms with Gasteiger partial charge in [0.2, 0.25) is 0 Å². The van der Waals surface area contributed by atoms with Crippen LogP contribution in [0, 0.1) is 0 Å². The summed E-state index contributed by atoms with van der Waals surface area (Å²) in [4.78, 5) is 22.1. The van der Waals surface area contributed by atoms with Crippen molar-refractivity contribution in [2.75, 3.05) is 33.4 Å². The van der Waals surface area contributed by atoms with E-state index in [1.807, 2.05) is 0 Å². The Bertz CT molecular complexity index is 1470. The molecule has 0 saturated carbocycles. The van der Waals surface area contributed by atoms with Crippen molar-refractivity contribution in [1.82, 2.24) is 29.0 Å². The third kappa shape index (κ3) is 3.67. The van der Waals surface area contributed by atoms with Crippen LogP contribution in [-0.2, 0) is 10.9 Å². The molecule has 0 aliphatic carbocycles. The van der Waals surface area contributed by atoms with Crippen LogP contribution in [0.3, 0.4) is 0 Å². The van der Waals surface area contributed by atoms with Gasteiger partial charge < -0.3 is 14.5 Å². The van der Waals surface area contributed by atoms with E-state index in [1.54, 1.807) is 0 Å². The maximum Gasteiger partial charge on any atom is 0.417 e. The molecule has 0 radical (unpaired) electrons. The van der Waals surface area contributed by atoms with E-state index >= 15 is 0 Å². The topological polar surface area (TPSA) is 89.7 Å². The Balaban J connectivity index is 1.50. The number of alkyl halides is 3. The Morgan fingerprint density at radius 1 is 1.20 bits per heavy atom. The van der Waals surface area contributed by atoms with E-state index in [-0.39, 0.29) is 22.7 Å². The van der Waals surface area contributed by atoms with Crippen molar-refractivity contribution in [2.45, 2.75) is 31.1 Å². The fourth-order valence-corrected chi connectivity index (χ4v) is 5.16. The van der Waals surface area contributed by atoms with Gasteiger partial charge in [-0.3, -0.25) is 9.47 Å². The number of hydrogen-bond acceptors (Lipinski definition) is 6. The molecule has 2 saturated heterocycles. The molecule has 0 bridgehead atoms. The number of aromatic amines is 1. The standard InChI is InChI=1S/C23H23F3N6O3/c1-34-20-5-13(8-31-21(20)27-12-28-31)16-6-18-19(7-17(16)23(24,25)26)32(22(33)29-18)14-3-2-4-30(9-14)15-10-35-11-15/h5-8,12,14-15H,2-4,9-11H2,1H3,(H,29,33)/t14-/m1/s1. The van der Waals surface area contributed by atoms with Gasteiger partial charge in [-0.25, -0.2) is 14.3 Å². The van der Waals surface area contributed by atoms with E-state index in [0.717, 1.165) is 25.5 Å². The average Bonchev–Trinajstić information content (AvgIpc) is 3.39. The van der Waals surface area contributed by atoms with Crippen LogP contribution in [0.25, 0.3) is 27.8 Å². The summed E-state index contributed by atoms with van der Waals surface area (Å²) in [5.41, 5.74) is -0.0893. The molecule has 0 unspecified atom stereocenters. The first-order valence-electron chi connectivity index (χ1n) is 11.4. The Hall–Kier alpha value is -3.38. The van der Waals surface area contributed by atoms with Crippen molar-refractivity contribution in [3.8, 4) is 16.9 Å². The van der Waals surface area contributed by atoms with Gasteiger partial charge in [-0.1, -0.05) is 0 Å². The number of aromatic nitrogens is 5. The van der Waals surface area contributed by atoms with Gasteiger partial charge in [0.15, 0.2) is 11.4 Å². The fraction of sp³-hybridized carbons (Fsp3) is 0.435. The number of hydrogen-bond donors (Lipinski definition) is 1. The molecular formula is C23H23F3N6O3. The van der Waals surface area contributed by atoms with Gasteiger partial charge in [0.05, 0.1) is 49.0 Å². The number of imidazole rings is 1. The summed E-state index contributed by atoms with van der Waals surface area (Å²) in [6.45, 7) is 2.80. The summed E-state index contributed by atoms with van der Waals surface area (Å²) in [7, 11) is 1.42. The van der Waals surface area contributed by atoms with Crippen molar-refractivity contribution in [3.63, 3.8) is 0 Å². The number of benzene rings is 1. The number of fused-ring (bicyclic) bond motifs is 2. The quantitative estimate of drug-likeness (QED) is 0.475. The first-order valence-corrected chi connectivity index (χ1v) is 11.4. The van der Waals surface area contributed by atoms with Crippen LogP contribution < -0.4 is 10.4 Å². The predicted octanol–water partition coefficient (Wildman–Crippen LogP) is 3.10. The number of methoxy groups -OCH3 is 1. The van der Waals surface area contributed by atoms with Crippen molar-refractivity contribution in [2.24, 2.45) is 0 Å². The summed E-state index contributed by atoms with van der Waals surface area (Å²) in [6.07, 6.45) is -0.289. The zero-order valence-electron chi connectivity index (χ0n) is 18.9. The molecule has 2 aliphatic rings. The Labute approximate surface area is 197 Å². The predicted molar refractivity (Wildman–Crippen MR) is 121 cm³/mol. The zero-order chi connectivity index (χ0) is 24.3. The molecule has 1 aromatic carbocycles. The molecule has 0 spiro atoms. The molecule has 4 aromatic rings. The SMILES string of the molecule is COc1cc(-c2cc3[nH]c(=O)n([C@@H]4CCCN(C5COC5)C4)c3cc2C(F)(F)F)cn2ncnc12. The van der Waals surface area contributed by atoms with Crippen LogP contribution in [0.2, 0.25) is 0 Å². The highest BCUT2D eigenvalue weighted by Crippen LogP contribution is 2.41. The van der Waals surface area contributed by atoms with Crippen molar-refractivity contribution < 1.29 is 22.6 Å². The molecule has 1 atom stereocenters. The summed E-state index contributed by atoms with van der Waals surface area (Å²) >= 11 is 0. The number of nitrogens with zero attached hydrogens (tertiary/aromatic N) is 5. The molecule has 0 amide bonds. The Morgan fingerprint density at radius 2 is 2.03 bits per heavy atom. The Morgan fingerprint density at radius 3 is 2.74 bits per heavy atom. The maximum absolute atomic E-state index is 14.3. The van der Waals surface area contributed by atoms with Crippen molar-refractivity contribution in [3.05, 3.63) is 46.8 Å². The molecule has 3 aromatic heterocycles. The number of H-pyrrole nitrogens is 1. The lowest BCUT2D eigenvalue weighted by Gasteiger charge is -2.42. The van der Waals surface area contributed by atoms with Gasteiger partial charge in [0.25, 0.3) is 0 Å². The van der Waals surface area contributed by atoms with Crippen molar-refractivity contribution in [1.29, 1.82) is 0 Å². The van der Waals surface area contributed by atoms with E-state index in [1.165, 1.54) is 40.8 Å². The highest BCUT2D eigenvalue weighted by Gasteiger charge is 2.36. The lowest BCUT2D eigenvalue weighted by molar-refractivity contribution is -0.137. The molecule has 5 heterocycles. The second-order valence-electron chi connectivity index (χ2n) is 9.02. The summed E-state index contributed by atoms with van der Waals surface area (Å²) in [6, 6.07) is 4.04. The highest BCUT2D eigenvalue weighted by molar-refractivity contribution is 5.85. The normalized spacial score (nSPS) is 19.9. The van der Waals surface area contributed by atoms with Gasteiger partial charge in [0.1, 0.15) is 6.33 Å². The third-order valence-corrected chi connectivity index (χ3v) is 6.96. The number of pyridine rings is 1. The number of nitrogens with one attached hydrogen (secondary N) is 1. The zero-order valence-corrected chi connectivity index (χ0v) is 18.9. The van der Waals surface area contributed by atoms with Gasteiger partial charge in [0, 0.05) is 18.3 Å². The largest absolute Gasteiger partial charge is 0.493 e. The lowest BCUT2D eigenvalue weighted by atomic mass is 9.98. The maximum atomic E-state index is 14.3. The lowest BCUT2D eigenvalue weighted by Crippen LogP contribution is -2.53. The minimum absolute atomic E-state index is 0.0778. The van der Waals surface area contributed by atoms with Crippen LogP contribution in [0.15, 0.2) is 35.5 Å². The molecule has 6 rings (SSSR count). The van der Waals surface area contributed by atoms with Crippen LogP contribution in [-0.4, -0.2) is 68.5 Å². The highest BCUT2D eigenvalue weighted by atomic mass is 19.4. The van der Waals surface area contributed by atoms with E-state index < -0.39 is 17.4 Å². The number of ether oxygens (including phenoxy) is 2. The van der Waals surface area contributed by atoms with Crippen LogP contribution in [0.1, 0.15) is 24.4 Å². The smallest absolute Gasteiger partial charge is 0.417 e.